The molecule has 0 atom stereocenters. The van der Waals surface area contributed by atoms with Crippen LogP contribution in [0.15, 0.2) is 87.0 Å². The molecule has 1 N–H and O–H groups in total. The Bertz CT molecular complexity index is 1640. The number of hydrogen-bond acceptors (Lipinski definition) is 8. The predicted octanol–water partition coefficient (Wildman–Crippen LogP) is 3.65. The number of thiazole rings is 1. The number of benzene rings is 3. The smallest absolute Gasteiger partial charge is 0.308 e. The molecule has 0 radical (unpaired) electrons. The summed E-state index contributed by atoms with van der Waals surface area (Å²) in [5, 5.41) is 3.91. The van der Waals surface area contributed by atoms with Gasteiger partial charge in [0.25, 0.3) is 0 Å². The Morgan fingerprint density at radius 2 is 1.83 bits per heavy atom. The van der Waals surface area contributed by atoms with Gasteiger partial charge in [-0.05, 0) is 48.0 Å². The average Bonchev–Trinajstić information content (AvgIpc) is 3.48. The normalized spacial score (nSPS) is 11.7. The van der Waals surface area contributed by atoms with Crippen molar-refractivity contribution in [2.24, 2.45) is 0 Å². The van der Waals surface area contributed by atoms with E-state index in [1.807, 2.05) is 30.3 Å². The van der Waals surface area contributed by atoms with Crippen LogP contribution in [-0.2, 0) is 23.1 Å². The van der Waals surface area contributed by atoms with Gasteiger partial charge in [0.05, 0.1) is 35.3 Å². The van der Waals surface area contributed by atoms with Gasteiger partial charge in [-0.2, -0.15) is 4.98 Å². The Labute approximate surface area is 204 Å². The molecule has 0 amide bonds. The quantitative estimate of drug-likeness (QED) is 0.340. The molecule has 2 aromatic heterocycles. The number of hydrogen-bond donors (Lipinski definition) is 1. The number of nitrogens with zero attached hydrogens (tertiary/aromatic N) is 3. The number of nitrogens with one attached hydrogen (secondary N) is 1. The number of rotatable bonds is 8. The lowest BCUT2D eigenvalue weighted by atomic mass is 10.2. The molecule has 0 aliphatic heterocycles. The van der Waals surface area contributed by atoms with Gasteiger partial charge in [0.2, 0.25) is 21.7 Å². The lowest BCUT2D eigenvalue weighted by molar-refractivity contribution is 0.376. The summed E-state index contributed by atoms with van der Waals surface area (Å²) in [7, 11) is -2.30. The third kappa shape index (κ3) is 4.87. The fourth-order valence-electron chi connectivity index (χ4n) is 3.55. The van der Waals surface area contributed by atoms with Crippen molar-refractivity contribution in [1.82, 2.24) is 19.4 Å². The Balaban J connectivity index is 1.32. The molecule has 3 aromatic carbocycles. The molecular formula is C24H20N4O5S2. The molecule has 5 aromatic rings. The van der Waals surface area contributed by atoms with Gasteiger partial charge >= 0.3 is 4.87 Å². The predicted molar refractivity (Wildman–Crippen MR) is 132 cm³/mol. The summed E-state index contributed by atoms with van der Waals surface area (Å²) in [5.74, 6) is 1.16. The third-order valence-corrected chi connectivity index (χ3v) is 7.70. The fourth-order valence-corrected chi connectivity index (χ4v) is 5.56. The van der Waals surface area contributed by atoms with Gasteiger partial charge in [0, 0.05) is 5.56 Å². The summed E-state index contributed by atoms with van der Waals surface area (Å²) >= 11 is 1.01. The highest BCUT2D eigenvalue weighted by Gasteiger charge is 2.19. The first kappa shape index (κ1) is 23.0. The maximum Gasteiger partial charge on any atom is 0.308 e. The summed E-state index contributed by atoms with van der Waals surface area (Å²) in [4.78, 5) is 16.7. The van der Waals surface area contributed by atoms with Crippen molar-refractivity contribution in [3.05, 3.63) is 93.9 Å². The van der Waals surface area contributed by atoms with Crippen LogP contribution in [-0.4, -0.2) is 30.2 Å². The Hall–Kier alpha value is -3.80. The zero-order chi connectivity index (χ0) is 24.4. The molecule has 0 aliphatic rings. The van der Waals surface area contributed by atoms with Crippen LogP contribution >= 0.6 is 11.3 Å². The van der Waals surface area contributed by atoms with Gasteiger partial charge < -0.3 is 9.26 Å². The second kappa shape index (κ2) is 9.45. The van der Waals surface area contributed by atoms with Crippen molar-refractivity contribution in [3.8, 4) is 17.1 Å². The van der Waals surface area contributed by atoms with Gasteiger partial charge in [-0.1, -0.05) is 46.8 Å². The maximum absolute atomic E-state index is 12.9. The Kier molecular flexibility index (Phi) is 6.20. The van der Waals surface area contributed by atoms with Gasteiger partial charge in [0.1, 0.15) is 5.75 Å². The van der Waals surface area contributed by atoms with Crippen LogP contribution < -0.4 is 14.3 Å². The van der Waals surface area contributed by atoms with E-state index in [0.29, 0.717) is 33.9 Å². The second-order valence-electron chi connectivity index (χ2n) is 7.63. The Morgan fingerprint density at radius 3 is 2.57 bits per heavy atom. The molecule has 0 saturated carbocycles. The van der Waals surface area contributed by atoms with Crippen LogP contribution in [0.3, 0.4) is 0 Å². The van der Waals surface area contributed by atoms with Gasteiger partial charge in [-0.3, -0.25) is 9.36 Å². The standard InChI is InChI=1S/C24H20N4O5S2/c1-32-18-9-7-17(8-10-18)23-26-22(33-27-23)14-25-35(30,31)19-11-12-20-21(13-19)34-24(29)28(20)15-16-5-3-2-4-6-16/h2-13,25H,14-15H2,1H3. The van der Waals surface area contributed by atoms with Crippen LogP contribution in [0.2, 0.25) is 0 Å². The van der Waals surface area contributed by atoms with Crippen LogP contribution in [0.5, 0.6) is 5.75 Å². The van der Waals surface area contributed by atoms with Crippen molar-refractivity contribution in [3.63, 3.8) is 0 Å². The topological polar surface area (TPSA) is 116 Å². The molecule has 178 valence electrons. The van der Waals surface area contributed by atoms with Crippen molar-refractivity contribution in [2.45, 2.75) is 18.0 Å². The van der Waals surface area contributed by atoms with Crippen molar-refractivity contribution >= 4 is 31.6 Å². The molecule has 9 nitrogen and oxygen atoms in total. The zero-order valence-electron chi connectivity index (χ0n) is 18.5. The molecule has 0 bridgehead atoms. The fraction of sp³-hybridized carbons (Fsp3) is 0.125. The lowest BCUT2D eigenvalue weighted by Gasteiger charge is -2.06. The molecule has 0 saturated heterocycles. The zero-order valence-corrected chi connectivity index (χ0v) is 20.2. The lowest BCUT2D eigenvalue weighted by Crippen LogP contribution is -2.23. The number of fused-ring (bicyclic) bond motifs is 1. The third-order valence-electron chi connectivity index (χ3n) is 5.36. The monoisotopic (exact) mass is 508 g/mol. The van der Waals surface area contributed by atoms with Crippen molar-refractivity contribution in [1.29, 1.82) is 0 Å². The molecule has 35 heavy (non-hydrogen) atoms. The summed E-state index contributed by atoms with van der Waals surface area (Å²) in [6, 6.07) is 21.4. The highest BCUT2D eigenvalue weighted by Crippen LogP contribution is 2.23. The van der Waals surface area contributed by atoms with E-state index in [1.54, 1.807) is 42.0 Å². The second-order valence-corrected chi connectivity index (χ2v) is 10.4. The number of methoxy groups -OCH3 is 1. The van der Waals surface area contributed by atoms with Crippen molar-refractivity contribution < 1.29 is 17.7 Å². The van der Waals surface area contributed by atoms with E-state index in [1.165, 1.54) is 12.1 Å². The van der Waals surface area contributed by atoms with E-state index in [9.17, 15) is 13.2 Å². The van der Waals surface area contributed by atoms with Crippen LogP contribution in [0.25, 0.3) is 21.6 Å². The molecule has 2 heterocycles. The first-order valence-electron chi connectivity index (χ1n) is 10.6. The summed E-state index contributed by atoms with van der Waals surface area (Å²) in [6.45, 7) is 0.243. The maximum atomic E-state index is 12.9. The van der Waals surface area contributed by atoms with Crippen LogP contribution in [0.1, 0.15) is 11.5 Å². The molecule has 5 rings (SSSR count). The van der Waals surface area contributed by atoms with Crippen LogP contribution in [0, 0.1) is 0 Å². The minimum absolute atomic E-state index is 0.0491. The minimum Gasteiger partial charge on any atom is -0.497 e. The van der Waals surface area contributed by atoms with E-state index < -0.39 is 10.0 Å². The molecule has 0 fully saturated rings. The molecular weight excluding hydrogens is 488 g/mol. The average molecular weight is 509 g/mol. The summed E-state index contributed by atoms with van der Waals surface area (Å²) < 4.78 is 40.8. The van der Waals surface area contributed by atoms with E-state index in [0.717, 1.165) is 16.9 Å². The van der Waals surface area contributed by atoms with E-state index >= 15 is 0 Å². The highest BCUT2D eigenvalue weighted by molar-refractivity contribution is 7.89. The number of ether oxygens (including phenoxy) is 1. The van der Waals surface area contributed by atoms with Gasteiger partial charge in [-0.25, -0.2) is 13.1 Å². The van der Waals surface area contributed by atoms with E-state index in [4.69, 9.17) is 9.26 Å². The van der Waals surface area contributed by atoms with Gasteiger partial charge in [0.15, 0.2) is 0 Å². The van der Waals surface area contributed by atoms with E-state index in [2.05, 4.69) is 14.9 Å². The first-order chi connectivity index (χ1) is 16.9. The van der Waals surface area contributed by atoms with E-state index in [-0.39, 0.29) is 22.2 Å². The number of sulfonamides is 1. The molecule has 0 aliphatic carbocycles. The Morgan fingerprint density at radius 1 is 1.06 bits per heavy atom. The first-order valence-corrected chi connectivity index (χ1v) is 12.9. The van der Waals surface area contributed by atoms with Gasteiger partial charge in [-0.15, -0.1) is 0 Å². The molecule has 0 spiro atoms. The summed E-state index contributed by atoms with van der Waals surface area (Å²) in [5.41, 5.74) is 2.38. The minimum atomic E-state index is -3.88. The SMILES string of the molecule is COc1ccc(-c2noc(CNS(=O)(=O)c3ccc4c(c3)sc(=O)n4Cc3ccccc3)n2)cc1. The number of aromatic nitrogens is 3. The molecule has 11 heteroatoms. The largest absolute Gasteiger partial charge is 0.497 e. The van der Waals surface area contributed by atoms with Crippen molar-refractivity contribution in [2.75, 3.05) is 7.11 Å². The van der Waals surface area contributed by atoms with Crippen LogP contribution in [0.4, 0.5) is 0 Å². The molecule has 0 unspecified atom stereocenters. The summed E-state index contributed by atoms with van der Waals surface area (Å²) in [6.07, 6.45) is 0. The highest BCUT2D eigenvalue weighted by atomic mass is 32.2.